The van der Waals surface area contributed by atoms with E-state index in [9.17, 15) is 19.5 Å². The lowest BCUT2D eigenvalue weighted by Crippen LogP contribution is -2.70. The number of carbonyl (C=O) groups excluding carboxylic acids is 3. The third-order valence-corrected chi connectivity index (χ3v) is 6.00. The van der Waals surface area contributed by atoms with Crippen LogP contribution in [0.3, 0.4) is 0 Å². The molecule has 1 aromatic carbocycles. The summed E-state index contributed by atoms with van der Waals surface area (Å²) in [4.78, 5) is 41.7. The second-order valence-corrected chi connectivity index (χ2v) is 8.39. The van der Waals surface area contributed by atoms with Crippen LogP contribution >= 0.6 is 0 Å². The number of carboxylic acid groups (broad SMARTS) is 1. The van der Waals surface area contributed by atoms with Crippen LogP contribution in [0.5, 0.6) is 0 Å². The number of fused-ring (bicyclic) bond motifs is 1. The number of hydrogen-bond acceptors (Lipinski definition) is 4. The van der Waals surface area contributed by atoms with Crippen LogP contribution in [0.4, 0.5) is 0 Å². The summed E-state index contributed by atoms with van der Waals surface area (Å²) in [7, 11) is 0. The number of carboxylic acids is 1. The van der Waals surface area contributed by atoms with Crippen LogP contribution in [0, 0.1) is 11.8 Å². The number of H-pyrrole nitrogens is 1. The monoisotopic (exact) mass is 414 g/mol. The molecule has 8 heteroatoms. The number of hydrogen-bond donors (Lipinski definition) is 3. The number of quaternary nitrogens is 1. The smallest absolute Gasteiger partial charge is 0.280 e. The minimum atomic E-state index is -1.31. The first-order valence-corrected chi connectivity index (χ1v) is 10.5. The van der Waals surface area contributed by atoms with Gasteiger partial charge in [-0.3, -0.25) is 9.59 Å². The van der Waals surface area contributed by atoms with E-state index in [1.807, 2.05) is 38.1 Å². The number of carbonyl (C=O) groups is 3. The average Bonchev–Trinajstić information content (AvgIpc) is 3.15. The third kappa shape index (κ3) is 4.81. The van der Waals surface area contributed by atoms with Crippen molar-refractivity contribution in [3.8, 4) is 0 Å². The van der Waals surface area contributed by atoms with Gasteiger partial charge >= 0.3 is 0 Å². The number of rotatable bonds is 7. The summed E-state index contributed by atoms with van der Waals surface area (Å²) >= 11 is 0. The molecule has 8 nitrogen and oxygen atoms in total. The highest BCUT2D eigenvalue weighted by Gasteiger charge is 2.32. The van der Waals surface area contributed by atoms with Crippen LogP contribution in [0.25, 0.3) is 10.9 Å². The fourth-order valence-electron chi connectivity index (χ4n) is 3.88. The number of aromatic nitrogens is 1. The van der Waals surface area contributed by atoms with E-state index in [-0.39, 0.29) is 36.1 Å². The molecule has 162 valence electrons. The summed E-state index contributed by atoms with van der Waals surface area (Å²) in [6.07, 6.45) is 2.93. The fraction of sp³-hybridized carbons (Fsp3) is 0.500. The zero-order chi connectivity index (χ0) is 21.8. The lowest BCUT2D eigenvalue weighted by molar-refractivity contribution is -0.416. The number of nitrogens with zero attached hydrogens (tertiary/aromatic N) is 1. The highest BCUT2D eigenvalue weighted by atomic mass is 16.4. The highest BCUT2D eigenvalue weighted by Crippen LogP contribution is 2.21. The van der Waals surface area contributed by atoms with Gasteiger partial charge in [-0.25, -0.2) is 0 Å². The van der Waals surface area contributed by atoms with Crippen LogP contribution < -0.4 is 16.2 Å². The van der Waals surface area contributed by atoms with Crippen LogP contribution in [-0.2, 0) is 20.8 Å². The number of aromatic amines is 1. The lowest BCUT2D eigenvalue weighted by atomic mass is 9.93. The fourth-order valence-corrected chi connectivity index (χ4v) is 3.88. The number of piperidine rings is 1. The predicted molar refractivity (Wildman–Crippen MR) is 110 cm³/mol. The van der Waals surface area contributed by atoms with Crippen molar-refractivity contribution < 1.29 is 25.2 Å². The van der Waals surface area contributed by atoms with Gasteiger partial charge in [-0.2, -0.15) is 0 Å². The Morgan fingerprint density at radius 2 is 1.90 bits per heavy atom. The number of para-hydroxylation sites is 1. The molecule has 3 rings (SSSR count). The van der Waals surface area contributed by atoms with Gasteiger partial charge in [0.25, 0.3) is 5.91 Å². The van der Waals surface area contributed by atoms with Gasteiger partial charge in [-0.05, 0) is 24.5 Å². The molecule has 2 atom stereocenters. The second-order valence-electron chi connectivity index (χ2n) is 8.39. The predicted octanol–water partition coefficient (Wildman–Crippen LogP) is -0.550. The maximum Gasteiger partial charge on any atom is 0.280 e. The minimum Gasteiger partial charge on any atom is -0.548 e. The molecule has 0 saturated carbocycles. The first-order chi connectivity index (χ1) is 14.3. The zero-order valence-corrected chi connectivity index (χ0v) is 17.5. The van der Waals surface area contributed by atoms with E-state index in [2.05, 4.69) is 16.0 Å². The number of aliphatic carboxylic acids is 1. The second kappa shape index (κ2) is 9.30. The Labute approximate surface area is 175 Å². The first kappa shape index (κ1) is 21.8. The first-order valence-electron chi connectivity index (χ1n) is 10.5. The van der Waals surface area contributed by atoms with E-state index in [0.29, 0.717) is 25.9 Å². The summed E-state index contributed by atoms with van der Waals surface area (Å²) in [5.74, 6) is -1.76. The highest BCUT2D eigenvalue weighted by molar-refractivity contribution is 5.87. The Balaban J connectivity index is 1.58. The molecule has 2 aromatic rings. The molecular formula is C22H30N4O4. The van der Waals surface area contributed by atoms with Crippen molar-refractivity contribution in [1.29, 1.82) is 0 Å². The van der Waals surface area contributed by atoms with Crippen LogP contribution in [-0.4, -0.2) is 52.8 Å². The Morgan fingerprint density at radius 3 is 2.53 bits per heavy atom. The minimum absolute atomic E-state index is 0.0100. The summed E-state index contributed by atoms with van der Waals surface area (Å²) in [6, 6.07) is 6.20. The van der Waals surface area contributed by atoms with Crippen LogP contribution in [0.2, 0.25) is 0 Å². The van der Waals surface area contributed by atoms with Crippen LogP contribution in [0.1, 0.15) is 32.3 Å². The van der Waals surface area contributed by atoms with Crippen molar-refractivity contribution in [2.45, 2.75) is 45.2 Å². The van der Waals surface area contributed by atoms with Crippen LogP contribution in [0.15, 0.2) is 30.5 Å². The van der Waals surface area contributed by atoms with Gasteiger partial charge in [-0.15, -0.1) is 0 Å². The number of nitrogens with one attached hydrogen (secondary N) is 2. The summed E-state index contributed by atoms with van der Waals surface area (Å²) in [6.45, 7) is 4.88. The van der Waals surface area contributed by atoms with Gasteiger partial charge in [0.05, 0.1) is 12.0 Å². The summed E-state index contributed by atoms with van der Waals surface area (Å²) < 4.78 is 0. The number of likely N-dealkylation sites (tertiary alicyclic amines) is 1. The summed E-state index contributed by atoms with van der Waals surface area (Å²) in [5.41, 5.74) is 5.67. The average molecular weight is 415 g/mol. The van der Waals surface area contributed by atoms with Crippen molar-refractivity contribution in [3.05, 3.63) is 36.0 Å². The largest absolute Gasteiger partial charge is 0.548 e. The molecule has 1 aromatic heterocycles. The van der Waals surface area contributed by atoms with E-state index in [1.165, 1.54) is 0 Å². The van der Waals surface area contributed by atoms with Crippen molar-refractivity contribution in [2.75, 3.05) is 13.1 Å². The van der Waals surface area contributed by atoms with Crippen molar-refractivity contribution in [3.63, 3.8) is 0 Å². The number of benzene rings is 1. The van der Waals surface area contributed by atoms with Gasteiger partial charge in [0.2, 0.25) is 5.91 Å². The van der Waals surface area contributed by atoms with Gasteiger partial charge in [0.15, 0.2) is 6.04 Å². The van der Waals surface area contributed by atoms with Gasteiger partial charge in [0.1, 0.15) is 0 Å². The molecule has 2 amide bonds. The topological polar surface area (TPSA) is 133 Å². The quantitative estimate of drug-likeness (QED) is 0.561. The molecule has 0 bridgehead atoms. The van der Waals surface area contributed by atoms with Crippen molar-refractivity contribution >= 4 is 28.7 Å². The van der Waals surface area contributed by atoms with E-state index >= 15 is 0 Å². The molecule has 0 unspecified atom stereocenters. The van der Waals surface area contributed by atoms with E-state index < -0.39 is 12.0 Å². The van der Waals surface area contributed by atoms with Gasteiger partial charge < -0.3 is 30.8 Å². The Hall–Kier alpha value is -2.87. The molecule has 1 fully saturated rings. The molecule has 0 spiro atoms. The Morgan fingerprint density at radius 1 is 1.23 bits per heavy atom. The SMILES string of the molecule is CC(C)[C@H]([NH3+])C(=O)N1CCC(C(=O)N[C@@H](Cc2c[nH]c3ccccc23)C(=O)[O-])CC1. The standard InChI is InChI=1S/C22H30N4O4/c1-13(2)19(23)21(28)26-9-7-14(8-10-26)20(27)25-18(22(29)30)11-15-12-24-17-6-4-3-5-16(15)17/h3-6,12-14,18-19,24H,7-11,23H2,1-2H3,(H,25,27)(H,29,30)/t18-,19-/m0/s1. The molecule has 2 heterocycles. The molecule has 5 N–H and O–H groups in total. The maximum atomic E-state index is 12.7. The zero-order valence-electron chi connectivity index (χ0n) is 17.5. The molecule has 0 aliphatic carbocycles. The van der Waals surface area contributed by atoms with Gasteiger partial charge in [-0.1, -0.05) is 32.0 Å². The number of amides is 2. The molecule has 1 saturated heterocycles. The normalized spacial score (nSPS) is 17.1. The molecule has 0 radical (unpaired) electrons. The molecule has 1 aliphatic heterocycles. The third-order valence-electron chi connectivity index (χ3n) is 6.00. The van der Waals surface area contributed by atoms with E-state index in [4.69, 9.17) is 0 Å². The molecule has 1 aliphatic rings. The van der Waals surface area contributed by atoms with Gasteiger partial charge in [0, 0.05) is 48.4 Å². The maximum absolute atomic E-state index is 12.7. The Bertz CT molecular complexity index is 915. The van der Waals surface area contributed by atoms with E-state index in [0.717, 1.165) is 16.5 Å². The molecule has 30 heavy (non-hydrogen) atoms. The molecular weight excluding hydrogens is 384 g/mol. The van der Waals surface area contributed by atoms with Crippen molar-refractivity contribution in [2.24, 2.45) is 11.8 Å². The van der Waals surface area contributed by atoms with E-state index in [1.54, 1.807) is 11.1 Å². The van der Waals surface area contributed by atoms with Crippen molar-refractivity contribution in [1.82, 2.24) is 15.2 Å². The summed E-state index contributed by atoms with van der Waals surface area (Å²) in [5, 5.41) is 15.2. The lowest BCUT2D eigenvalue weighted by Gasteiger charge is -2.33. The Kier molecular flexibility index (Phi) is 6.77.